The molecule has 0 aliphatic carbocycles. The molecule has 0 saturated heterocycles. The summed E-state index contributed by atoms with van der Waals surface area (Å²) in [6.07, 6.45) is 1.39. The Bertz CT molecular complexity index is 933. The minimum atomic E-state index is -0.977. The van der Waals surface area contributed by atoms with E-state index in [1.165, 1.54) is 13.3 Å². The molecular formula is C16H13N3O3S. The van der Waals surface area contributed by atoms with E-state index in [2.05, 4.69) is 15.3 Å². The lowest BCUT2D eigenvalue weighted by atomic mass is 10.1. The molecule has 0 radical (unpaired) electrons. The smallest absolute Gasteiger partial charge is 0.346 e. The molecular weight excluding hydrogens is 314 g/mol. The van der Waals surface area contributed by atoms with Crippen molar-refractivity contribution in [3.05, 3.63) is 46.6 Å². The minimum absolute atomic E-state index is 0.0265. The molecule has 0 unspecified atom stereocenters. The molecule has 2 N–H and O–H groups in total. The molecule has 2 heterocycles. The van der Waals surface area contributed by atoms with Crippen LogP contribution in [-0.4, -0.2) is 26.8 Å². The van der Waals surface area contributed by atoms with E-state index in [0.717, 1.165) is 11.3 Å². The van der Waals surface area contributed by atoms with Gasteiger partial charge >= 0.3 is 5.97 Å². The van der Waals surface area contributed by atoms with Gasteiger partial charge in [0.15, 0.2) is 5.78 Å². The lowest BCUT2D eigenvalue weighted by Crippen LogP contribution is -1.99. The topological polar surface area (TPSA) is 92.2 Å². The van der Waals surface area contributed by atoms with Gasteiger partial charge < -0.3 is 10.4 Å². The summed E-state index contributed by atoms with van der Waals surface area (Å²) in [6, 6.07) is 7.07. The van der Waals surface area contributed by atoms with E-state index in [0.29, 0.717) is 32.8 Å². The quantitative estimate of drug-likeness (QED) is 0.711. The van der Waals surface area contributed by atoms with Crippen molar-refractivity contribution in [2.75, 3.05) is 5.32 Å². The first-order chi connectivity index (χ1) is 11.0. The fourth-order valence-corrected chi connectivity index (χ4v) is 3.31. The predicted molar refractivity (Wildman–Crippen MR) is 88.8 cm³/mol. The van der Waals surface area contributed by atoms with Gasteiger partial charge in [-0.25, -0.2) is 14.8 Å². The van der Waals surface area contributed by atoms with Crippen molar-refractivity contribution >= 4 is 44.8 Å². The Labute approximate surface area is 135 Å². The van der Waals surface area contributed by atoms with Crippen LogP contribution in [0.5, 0.6) is 0 Å². The third kappa shape index (κ3) is 2.78. The molecule has 0 aliphatic rings. The SMILES string of the molecule is CC(=O)c1cccc(Nc2ncnc3sc(C(=O)O)c(C)c23)c1. The molecule has 7 heteroatoms. The van der Waals surface area contributed by atoms with Gasteiger partial charge in [0.25, 0.3) is 0 Å². The summed E-state index contributed by atoms with van der Waals surface area (Å²) in [4.78, 5) is 32.0. The number of nitrogens with zero attached hydrogens (tertiary/aromatic N) is 2. The normalized spacial score (nSPS) is 10.7. The molecule has 6 nitrogen and oxygen atoms in total. The van der Waals surface area contributed by atoms with Crippen molar-refractivity contribution in [3.63, 3.8) is 0 Å². The van der Waals surface area contributed by atoms with Crippen LogP contribution in [0.4, 0.5) is 11.5 Å². The van der Waals surface area contributed by atoms with Gasteiger partial charge in [0, 0.05) is 11.3 Å². The molecule has 2 aromatic heterocycles. The van der Waals surface area contributed by atoms with E-state index in [1.54, 1.807) is 25.1 Å². The second kappa shape index (κ2) is 5.77. The molecule has 3 rings (SSSR count). The van der Waals surface area contributed by atoms with Crippen molar-refractivity contribution in [1.82, 2.24) is 9.97 Å². The third-order valence-electron chi connectivity index (χ3n) is 3.45. The molecule has 23 heavy (non-hydrogen) atoms. The van der Waals surface area contributed by atoms with Crippen LogP contribution >= 0.6 is 11.3 Å². The van der Waals surface area contributed by atoms with Crippen LogP contribution in [0, 0.1) is 6.92 Å². The molecule has 0 bridgehead atoms. The highest BCUT2D eigenvalue weighted by atomic mass is 32.1. The number of carbonyl (C=O) groups is 2. The van der Waals surface area contributed by atoms with Crippen molar-refractivity contribution in [2.24, 2.45) is 0 Å². The number of Topliss-reactive ketones (excluding diaryl/α,β-unsaturated/α-hetero) is 1. The lowest BCUT2D eigenvalue weighted by Gasteiger charge is -2.08. The number of hydrogen-bond acceptors (Lipinski definition) is 6. The fourth-order valence-electron chi connectivity index (χ4n) is 2.32. The highest BCUT2D eigenvalue weighted by molar-refractivity contribution is 7.20. The molecule has 1 aromatic carbocycles. The number of aromatic carboxylic acids is 1. The van der Waals surface area contributed by atoms with Crippen LogP contribution in [-0.2, 0) is 0 Å². The Morgan fingerprint density at radius 2 is 2.04 bits per heavy atom. The number of anilines is 2. The van der Waals surface area contributed by atoms with Crippen LogP contribution in [0.25, 0.3) is 10.2 Å². The summed E-state index contributed by atoms with van der Waals surface area (Å²) in [7, 11) is 0. The number of aromatic nitrogens is 2. The average molecular weight is 327 g/mol. The number of rotatable bonds is 4. The molecule has 0 spiro atoms. The molecule has 0 saturated carbocycles. The Hall–Kier alpha value is -2.80. The zero-order valence-corrected chi connectivity index (χ0v) is 13.3. The van der Waals surface area contributed by atoms with E-state index >= 15 is 0 Å². The van der Waals surface area contributed by atoms with E-state index in [1.807, 2.05) is 6.07 Å². The van der Waals surface area contributed by atoms with Gasteiger partial charge in [-0.3, -0.25) is 4.79 Å². The Morgan fingerprint density at radius 3 is 2.74 bits per heavy atom. The predicted octanol–water partition coefficient (Wildman–Crippen LogP) is 3.64. The summed E-state index contributed by atoms with van der Waals surface area (Å²) in [6.45, 7) is 3.24. The number of carboxylic acid groups (broad SMARTS) is 1. The van der Waals surface area contributed by atoms with E-state index in [-0.39, 0.29) is 10.7 Å². The van der Waals surface area contributed by atoms with E-state index < -0.39 is 5.97 Å². The summed E-state index contributed by atoms with van der Waals surface area (Å²) in [5, 5.41) is 13.1. The first-order valence-electron chi connectivity index (χ1n) is 6.83. The van der Waals surface area contributed by atoms with Crippen LogP contribution in [0.3, 0.4) is 0 Å². The van der Waals surface area contributed by atoms with Gasteiger partial charge in [-0.05, 0) is 31.5 Å². The summed E-state index contributed by atoms with van der Waals surface area (Å²) in [5.74, 6) is -0.478. The number of carboxylic acids is 1. The molecule has 3 aromatic rings. The third-order valence-corrected chi connectivity index (χ3v) is 4.64. The Kier molecular flexibility index (Phi) is 3.79. The standard InChI is InChI=1S/C16H13N3O3S/c1-8-12-14(17-7-18-15(12)23-13(8)16(21)22)19-11-5-3-4-10(6-11)9(2)20/h3-7H,1-2H3,(H,21,22)(H,17,18,19). The zero-order chi connectivity index (χ0) is 16.6. The number of aryl methyl sites for hydroxylation is 1. The van der Waals surface area contributed by atoms with Crippen molar-refractivity contribution in [3.8, 4) is 0 Å². The van der Waals surface area contributed by atoms with E-state index in [4.69, 9.17) is 0 Å². The van der Waals surface area contributed by atoms with Gasteiger partial charge in [0.05, 0.1) is 5.39 Å². The second-order valence-corrected chi connectivity index (χ2v) is 6.02. The molecule has 0 atom stereocenters. The van der Waals surface area contributed by atoms with Crippen LogP contribution < -0.4 is 5.32 Å². The van der Waals surface area contributed by atoms with E-state index in [9.17, 15) is 14.7 Å². The molecule has 0 fully saturated rings. The zero-order valence-electron chi connectivity index (χ0n) is 12.5. The number of thiophene rings is 1. The monoisotopic (exact) mass is 327 g/mol. The number of fused-ring (bicyclic) bond motifs is 1. The maximum absolute atomic E-state index is 11.5. The van der Waals surface area contributed by atoms with Crippen molar-refractivity contribution in [2.45, 2.75) is 13.8 Å². The Morgan fingerprint density at radius 1 is 1.26 bits per heavy atom. The second-order valence-electron chi connectivity index (χ2n) is 5.03. The fraction of sp³-hybridized carbons (Fsp3) is 0.125. The first-order valence-corrected chi connectivity index (χ1v) is 7.64. The van der Waals surface area contributed by atoms with Gasteiger partial charge in [0.2, 0.25) is 0 Å². The molecule has 0 amide bonds. The molecule has 0 aliphatic heterocycles. The summed E-state index contributed by atoms with van der Waals surface area (Å²) < 4.78 is 0. The van der Waals surface area contributed by atoms with Crippen LogP contribution in [0.2, 0.25) is 0 Å². The van der Waals surface area contributed by atoms with Crippen molar-refractivity contribution in [1.29, 1.82) is 0 Å². The minimum Gasteiger partial charge on any atom is -0.477 e. The van der Waals surface area contributed by atoms with Gasteiger partial charge in [-0.1, -0.05) is 12.1 Å². The lowest BCUT2D eigenvalue weighted by molar-refractivity contribution is 0.0701. The van der Waals surface area contributed by atoms with Crippen LogP contribution in [0.1, 0.15) is 32.5 Å². The highest BCUT2D eigenvalue weighted by Gasteiger charge is 2.18. The highest BCUT2D eigenvalue weighted by Crippen LogP contribution is 2.34. The Balaban J connectivity index is 2.08. The van der Waals surface area contributed by atoms with Gasteiger partial charge in [0.1, 0.15) is 21.9 Å². The first kappa shape index (κ1) is 15.1. The number of nitrogens with one attached hydrogen (secondary N) is 1. The average Bonchev–Trinajstić information content (AvgIpc) is 2.86. The molecule has 116 valence electrons. The van der Waals surface area contributed by atoms with Gasteiger partial charge in [-0.2, -0.15) is 0 Å². The summed E-state index contributed by atoms with van der Waals surface area (Å²) in [5.41, 5.74) is 1.93. The maximum atomic E-state index is 11.5. The van der Waals surface area contributed by atoms with Crippen molar-refractivity contribution < 1.29 is 14.7 Å². The summed E-state index contributed by atoms with van der Waals surface area (Å²) >= 11 is 1.12. The number of benzene rings is 1. The maximum Gasteiger partial charge on any atom is 0.346 e. The number of carbonyl (C=O) groups excluding carboxylic acids is 1. The van der Waals surface area contributed by atoms with Gasteiger partial charge in [-0.15, -0.1) is 11.3 Å². The van der Waals surface area contributed by atoms with Crippen LogP contribution in [0.15, 0.2) is 30.6 Å². The number of ketones is 1. The largest absolute Gasteiger partial charge is 0.477 e. The number of hydrogen-bond donors (Lipinski definition) is 2.